The van der Waals surface area contributed by atoms with Crippen molar-refractivity contribution in [2.75, 3.05) is 0 Å². The Morgan fingerprint density at radius 1 is 1.39 bits per heavy atom. The highest BCUT2D eigenvalue weighted by Crippen LogP contribution is 2.32. The first-order valence-electron chi connectivity index (χ1n) is 5.00. The van der Waals surface area contributed by atoms with Gasteiger partial charge < -0.3 is 10.2 Å². The van der Waals surface area contributed by atoms with Gasteiger partial charge in [0.15, 0.2) is 4.34 Å². The average molecular weight is 283 g/mol. The number of thiazole rings is 1. The van der Waals surface area contributed by atoms with Crippen molar-refractivity contribution in [2.45, 2.75) is 16.5 Å². The van der Waals surface area contributed by atoms with Crippen LogP contribution in [0.5, 0.6) is 0 Å². The van der Waals surface area contributed by atoms with Crippen LogP contribution in [-0.4, -0.2) is 32.4 Å². The monoisotopic (exact) mass is 283 g/mol. The molecule has 0 radical (unpaired) electrons. The molecule has 0 spiro atoms. The van der Waals surface area contributed by atoms with Gasteiger partial charge in [-0.05, 0) is 25.1 Å². The molecule has 2 aromatic rings. The Morgan fingerprint density at radius 3 is 2.72 bits per heavy atom. The lowest BCUT2D eigenvalue weighted by Crippen LogP contribution is -2.10. The molecule has 0 fully saturated rings. The molecule has 2 rings (SSSR count). The summed E-state index contributed by atoms with van der Waals surface area (Å²) >= 11 is 2.51. The van der Waals surface area contributed by atoms with Crippen LogP contribution in [-0.2, 0) is 4.79 Å². The van der Waals surface area contributed by atoms with Crippen LogP contribution in [0.15, 0.2) is 22.5 Å². The molecule has 1 aromatic carbocycles. The number of hydrogen-bond donors (Lipinski definition) is 2. The maximum absolute atomic E-state index is 10.8. The molecule has 1 unspecified atom stereocenters. The molecule has 1 atom stereocenters. The molecular weight excluding hydrogens is 274 g/mol. The maximum Gasteiger partial charge on any atom is 0.335 e. The minimum atomic E-state index is -1.00. The van der Waals surface area contributed by atoms with Gasteiger partial charge in [0.25, 0.3) is 0 Å². The highest BCUT2D eigenvalue weighted by atomic mass is 32.2. The van der Waals surface area contributed by atoms with E-state index in [1.165, 1.54) is 23.5 Å². The van der Waals surface area contributed by atoms with Crippen LogP contribution in [0.4, 0.5) is 0 Å². The minimum absolute atomic E-state index is 0.177. The second-order valence-corrected chi connectivity index (χ2v) is 6.18. The van der Waals surface area contributed by atoms with Crippen molar-refractivity contribution in [2.24, 2.45) is 0 Å². The molecule has 0 bridgehead atoms. The first kappa shape index (κ1) is 12.8. The summed E-state index contributed by atoms with van der Waals surface area (Å²) in [4.78, 5) is 25.8. The second kappa shape index (κ2) is 4.95. The second-order valence-electron chi connectivity index (χ2n) is 3.57. The number of hydrogen-bond acceptors (Lipinski definition) is 5. The van der Waals surface area contributed by atoms with Gasteiger partial charge in [0.05, 0.1) is 15.8 Å². The van der Waals surface area contributed by atoms with Gasteiger partial charge in [0.2, 0.25) is 0 Å². The van der Waals surface area contributed by atoms with Crippen LogP contribution < -0.4 is 0 Å². The van der Waals surface area contributed by atoms with Crippen LogP contribution in [0.25, 0.3) is 10.2 Å². The van der Waals surface area contributed by atoms with Gasteiger partial charge in [-0.3, -0.25) is 4.79 Å². The lowest BCUT2D eigenvalue weighted by Gasteiger charge is -2.00. The smallest absolute Gasteiger partial charge is 0.335 e. The van der Waals surface area contributed by atoms with Gasteiger partial charge >= 0.3 is 11.9 Å². The van der Waals surface area contributed by atoms with Crippen LogP contribution in [0.2, 0.25) is 0 Å². The number of aromatic nitrogens is 1. The molecule has 18 heavy (non-hydrogen) atoms. The quantitative estimate of drug-likeness (QED) is 0.838. The van der Waals surface area contributed by atoms with Crippen LogP contribution in [0, 0.1) is 0 Å². The summed E-state index contributed by atoms with van der Waals surface area (Å²) in [7, 11) is 0. The first-order valence-corrected chi connectivity index (χ1v) is 6.70. The van der Waals surface area contributed by atoms with Gasteiger partial charge in [-0.25, -0.2) is 9.78 Å². The molecule has 0 aliphatic heterocycles. The van der Waals surface area contributed by atoms with E-state index in [0.717, 1.165) is 16.5 Å². The highest BCUT2D eigenvalue weighted by molar-refractivity contribution is 8.02. The van der Waals surface area contributed by atoms with E-state index in [1.54, 1.807) is 13.0 Å². The molecule has 2 N–H and O–H groups in total. The molecule has 0 saturated heterocycles. The van der Waals surface area contributed by atoms with E-state index < -0.39 is 17.2 Å². The molecule has 5 nitrogen and oxygen atoms in total. The van der Waals surface area contributed by atoms with E-state index in [1.807, 2.05) is 0 Å². The van der Waals surface area contributed by atoms with E-state index in [9.17, 15) is 9.59 Å². The average Bonchev–Trinajstić information content (AvgIpc) is 2.69. The van der Waals surface area contributed by atoms with Crippen molar-refractivity contribution in [3.8, 4) is 0 Å². The van der Waals surface area contributed by atoms with Gasteiger partial charge in [-0.2, -0.15) is 0 Å². The number of carboxylic acid groups (broad SMARTS) is 2. The highest BCUT2D eigenvalue weighted by Gasteiger charge is 2.16. The fourth-order valence-electron chi connectivity index (χ4n) is 1.29. The number of carbonyl (C=O) groups is 2. The van der Waals surface area contributed by atoms with E-state index in [0.29, 0.717) is 9.86 Å². The summed E-state index contributed by atoms with van der Waals surface area (Å²) < 4.78 is 1.47. The molecule has 1 aromatic heterocycles. The Bertz CT molecular complexity index is 623. The Balaban J connectivity index is 2.32. The number of benzene rings is 1. The third kappa shape index (κ3) is 2.62. The Kier molecular flexibility index (Phi) is 3.53. The molecule has 7 heteroatoms. The Hall–Kier alpha value is -1.60. The molecule has 0 aliphatic rings. The molecule has 0 saturated carbocycles. The summed E-state index contributed by atoms with van der Waals surface area (Å²) in [5.74, 6) is -1.90. The van der Waals surface area contributed by atoms with E-state index >= 15 is 0 Å². The van der Waals surface area contributed by atoms with Gasteiger partial charge in [0, 0.05) is 0 Å². The molecule has 1 heterocycles. The SMILES string of the molecule is CC(Sc1nc2cc(C(=O)O)ccc2s1)C(=O)O. The largest absolute Gasteiger partial charge is 0.480 e. The van der Waals surface area contributed by atoms with Crippen molar-refractivity contribution in [1.82, 2.24) is 4.98 Å². The number of fused-ring (bicyclic) bond motifs is 1. The number of nitrogens with zero attached hydrogens (tertiary/aromatic N) is 1. The number of rotatable bonds is 4. The lowest BCUT2D eigenvalue weighted by atomic mass is 10.2. The van der Waals surface area contributed by atoms with Gasteiger partial charge in [-0.15, -0.1) is 11.3 Å². The van der Waals surface area contributed by atoms with E-state index in [4.69, 9.17) is 10.2 Å². The van der Waals surface area contributed by atoms with E-state index in [2.05, 4.69) is 4.98 Å². The summed E-state index contributed by atoms with van der Waals surface area (Å²) in [5, 5.41) is 17.1. The zero-order valence-corrected chi connectivity index (χ0v) is 10.9. The van der Waals surface area contributed by atoms with Crippen molar-refractivity contribution < 1.29 is 19.8 Å². The summed E-state index contributed by atoms with van der Waals surface area (Å²) in [6.45, 7) is 1.59. The van der Waals surface area contributed by atoms with Gasteiger partial charge in [0.1, 0.15) is 5.25 Å². The molecule has 0 aliphatic carbocycles. The Labute approximate surface area is 110 Å². The third-order valence-electron chi connectivity index (χ3n) is 2.24. The first-order chi connectivity index (χ1) is 8.47. The standard InChI is InChI=1S/C11H9NO4S2/c1-5(9(13)14)17-11-12-7-4-6(10(15)16)2-3-8(7)18-11/h2-5H,1H3,(H,13,14)(H,15,16). The van der Waals surface area contributed by atoms with E-state index in [-0.39, 0.29) is 5.56 Å². The van der Waals surface area contributed by atoms with Crippen molar-refractivity contribution >= 4 is 45.3 Å². The molecule has 94 valence electrons. The Morgan fingerprint density at radius 2 is 2.11 bits per heavy atom. The fraction of sp³-hybridized carbons (Fsp3) is 0.182. The molecular formula is C11H9NO4S2. The van der Waals surface area contributed by atoms with Crippen LogP contribution in [0.1, 0.15) is 17.3 Å². The minimum Gasteiger partial charge on any atom is -0.480 e. The van der Waals surface area contributed by atoms with Crippen LogP contribution >= 0.6 is 23.1 Å². The molecule has 0 amide bonds. The number of carboxylic acids is 2. The third-order valence-corrected chi connectivity index (χ3v) is 4.46. The summed E-state index contributed by atoms with van der Waals surface area (Å²) in [6, 6.07) is 4.69. The summed E-state index contributed by atoms with van der Waals surface area (Å²) in [6.07, 6.45) is 0. The predicted octanol–water partition coefficient (Wildman–Crippen LogP) is 2.56. The zero-order chi connectivity index (χ0) is 13.3. The maximum atomic E-state index is 10.8. The van der Waals surface area contributed by atoms with Crippen molar-refractivity contribution in [3.05, 3.63) is 23.8 Å². The number of thioether (sulfide) groups is 1. The predicted molar refractivity (Wildman–Crippen MR) is 69.5 cm³/mol. The lowest BCUT2D eigenvalue weighted by molar-refractivity contribution is -0.136. The number of aliphatic carboxylic acids is 1. The number of aromatic carboxylic acids is 1. The fourth-order valence-corrected chi connectivity index (χ4v) is 3.42. The van der Waals surface area contributed by atoms with Crippen molar-refractivity contribution in [3.63, 3.8) is 0 Å². The summed E-state index contributed by atoms with van der Waals surface area (Å²) in [5.41, 5.74) is 0.760. The van der Waals surface area contributed by atoms with Gasteiger partial charge in [-0.1, -0.05) is 11.8 Å². The van der Waals surface area contributed by atoms with Crippen molar-refractivity contribution in [1.29, 1.82) is 0 Å². The zero-order valence-electron chi connectivity index (χ0n) is 9.28. The van der Waals surface area contributed by atoms with Crippen LogP contribution in [0.3, 0.4) is 0 Å². The topological polar surface area (TPSA) is 87.5 Å². The normalized spacial score (nSPS) is 12.5.